The second kappa shape index (κ2) is 13.3. The summed E-state index contributed by atoms with van der Waals surface area (Å²) < 4.78 is 42.1. The fraction of sp³-hybridized carbons (Fsp3) is 0.727. The van der Waals surface area contributed by atoms with E-state index in [1.807, 2.05) is 12.1 Å². The first-order valence-corrected chi connectivity index (χ1v) is 12.4. The molecule has 0 bridgehead atoms. The van der Waals surface area contributed by atoms with Gasteiger partial charge in [-0.3, -0.25) is 9.45 Å². The average molecular weight is 428 g/mol. The zero-order valence-corrected chi connectivity index (χ0v) is 18.5. The molecule has 0 saturated carbocycles. The van der Waals surface area contributed by atoms with Crippen LogP contribution in [0.3, 0.4) is 0 Å². The average Bonchev–Trinajstić information content (AvgIpc) is 2.68. The van der Waals surface area contributed by atoms with Gasteiger partial charge in [0.25, 0.3) is 0 Å². The van der Waals surface area contributed by atoms with Crippen LogP contribution in [-0.4, -0.2) is 50.3 Å². The number of fused-ring (bicyclic) bond motifs is 1. The van der Waals surface area contributed by atoms with Crippen LogP contribution in [0.15, 0.2) is 24.3 Å². The Kier molecular flexibility index (Phi) is 11.2. The Morgan fingerprint density at radius 3 is 2.38 bits per heavy atom. The third kappa shape index (κ3) is 10.6. The summed E-state index contributed by atoms with van der Waals surface area (Å²) in [6.45, 7) is 4.96. The van der Waals surface area contributed by atoms with Crippen LogP contribution in [-0.2, 0) is 32.3 Å². The summed E-state index contributed by atoms with van der Waals surface area (Å²) in [5.74, 6) is 0. The molecule has 29 heavy (non-hydrogen) atoms. The maximum atomic E-state index is 11.2. The Morgan fingerprint density at radius 1 is 1.03 bits per heavy atom. The largest absolute Gasteiger partial charge is 0.397 e. The number of rotatable bonds is 15. The molecule has 0 saturated heterocycles. The molecule has 1 aliphatic rings. The van der Waals surface area contributed by atoms with E-state index >= 15 is 0 Å². The topological polar surface area (TPSA) is 76.1 Å². The van der Waals surface area contributed by atoms with Gasteiger partial charge in [-0.25, -0.2) is 4.18 Å². The van der Waals surface area contributed by atoms with Gasteiger partial charge in [-0.1, -0.05) is 76.1 Å². The number of hydrogen-bond acceptors (Lipinski definition) is 5. The summed E-state index contributed by atoms with van der Waals surface area (Å²) in [4.78, 5) is 2.15. The standard InChI is InChI=1S/C22H37NO5S/c1-2-3-4-5-6-7-8-11-16-27-19-22(28-29(24,25)26)18-23-15-14-20-12-9-10-13-21(20)17-23/h9-10,12-13,22H,2-8,11,14-19H2,1H3,(H,24,25,26). The lowest BCUT2D eigenvalue weighted by Gasteiger charge is -2.31. The highest BCUT2D eigenvalue weighted by molar-refractivity contribution is 7.80. The summed E-state index contributed by atoms with van der Waals surface area (Å²) >= 11 is 0. The molecule has 7 heteroatoms. The lowest BCUT2D eigenvalue weighted by molar-refractivity contribution is 0.0240. The number of hydrogen-bond donors (Lipinski definition) is 1. The molecule has 0 amide bonds. The van der Waals surface area contributed by atoms with Crippen molar-refractivity contribution in [3.8, 4) is 0 Å². The first kappa shape index (κ1) is 24.3. The summed E-state index contributed by atoms with van der Waals surface area (Å²) in [6.07, 6.45) is 10.0. The van der Waals surface area contributed by atoms with E-state index in [1.54, 1.807) is 0 Å². The molecule has 1 aromatic carbocycles. The minimum absolute atomic E-state index is 0.161. The molecule has 166 valence electrons. The van der Waals surface area contributed by atoms with E-state index in [2.05, 4.69) is 24.0 Å². The highest BCUT2D eigenvalue weighted by Crippen LogP contribution is 2.19. The van der Waals surface area contributed by atoms with Crippen LogP contribution >= 0.6 is 0 Å². The number of ether oxygens (including phenoxy) is 1. The van der Waals surface area contributed by atoms with E-state index in [-0.39, 0.29) is 6.61 Å². The fourth-order valence-electron chi connectivity index (χ4n) is 3.83. The quantitative estimate of drug-likeness (QED) is 0.330. The Balaban J connectivity index is 1.68. The first-order valence-electron chi connectivity index (χ1n) is 11.0. The Bertz CT molecular complexity index is 680. The molecule has 1 aliphatic heterocycles. The van der Waals surface area contributed by atoms with E-state index in [4.69, 9.17) is 13.5 Å². The van der Waals surface area contributed by atoms with Crippen LogP contribution in [0.4, 0.5) is 0 Å². The zero-order chi connectivity index (χ0) is 21.0. The summed E-state index contributed by atoms with van der Waals surface area (Å²) in [5.41, 5.74) is 2.59. The Hall–Kier alpha value is -0.990. The summed E-state index contributed by atoms with van der Waals surface area (Å²) in [7, 11) is -4.50. The molecule has 6 nitrogen and oxygen atoms in total. The maximum Gasteiger partial charge on any atom is 0.397 e. The van der Waals surface area contributed by atoms with Gasteiger partial charge < -0.3 is 4.74 Å². The number of unbranched alkanes of at least 4 members (excludes halogenated alkanes) is 7. The van der Waals surface area contributed by atoms with Gasteiger partial charge >= 0.3 is 10.4 Å². The van der Waals surface area contributed by atoms with E-state index in [0.29, 0.717) is 13.2 Å². The third-order valence-electron chi connectivity index (χ3n) is 5.38. The maximum absolute atomic E-state index is 11.2. The van der Waals surface area contributed by atoms with Crippen molar-refractivity contribution in [3.63, 3.8) is 0 Å². The van der Waals surface area contributed by atoms with Gasteiger partial charge in [0.1, 0.15) is 6.10 Å². The molecule has 0 aromatic heterocycles. The van der Waals surface area contributed by atoms with E-state index in [0.717, 1.165) is 32.4 Å². The first-order chi connectivity index (χ1) is 14.0. The number of benzene rings is 1. The van der Waals surface area contributed by atoms with Crippen molar-refractivity contribution in [2.75, 3.05) is 26.3 Å². The second-order valence-electron chi connectivity index (χ2n) is 7.95. The molecule has 1 aromatic rings. The molecule has 1 atom stereocenters. The molecule has 2 rings (SSSR count). The second-order valence-corrected chi connectivity index (χ2v) is 9.00. The van der Waals surface area contributed by atoms with Crippen LogP contribution in [0.5, 0.6) is 0 Å². The molecule has 0 aliphatic carbocycles. The lowest BCUT2D eigenvalue weighted by atomic mass is 10.00. The Morgan fingerprint density at radius 2 is 1.69 bits per heavy atom. The normalized spacial score (nSPS) is 15.9. The Labute approximate surface area is 176 Å². The van der Waals surface area contributed by atoms with Gasteiger partial charge in [0.15, 0.2) is 0 Å². The van der Waals surface area contributed by atoms with Gasteiger partial charge in [-0.2, -0.15) is 8.42 Å². The molecule has 0 spiro atoms. The SMILES string of the molecule is CCCCCCCCCCOCC(CN1CCc2ccccc2C1)OS(=O)(=O)O. The predicted octanol–water partition coefficient (Wildman–Crippen LogP) is 4.39. The highest BCUT2D eigenvalue weighted by atomic mass is 32.3. The monoisotopic (exact) mass is 427 g/mol. The predicted molar refractivity (Wildman–Crippen MR) is 115 cm³/mol. The third-order valence-corrected chi connectivity index (χ3v) is 5.89. The lowest BCUT2D eigenvalue weighted by Crippen LogP contribution is -2.40. The van der Waals surface area contributed by atoms with Crippen LogP contribution < -0.4 is 0 Å². The van der Waals surface area contributed by atoms with Crippen LogP contribution in [0.2, 0.25) is 0 Å². The van der Waals surface area contributed by atoms with E-state index in [9.17, 15) is 8.42 Å². The van der Waals surface area contributed by atoms with E-state index in [1.165, 1.54) is 49.7 Å². The molecule has 1 N–H and O–H groups in total. The van der Waals surface area contributed by atoms with Gasteiger partial charge in [0.2, 0.25) is 0 Å². The summed E-state index contributed by atoms with van der Waals surface area (Å²) in [6, 6.07) is 8.28. The van der Waals surface area contributed by atoms with E-state index < -0.39 is 16.5 Å². The smallest absolute Gasteiger partial charge is 0.379 e. The van der Waals surface area contributed by atoms with Crippen LogP contribution in [0, 0.1) is 0 Å². The van der Waals surface area contributed by atoms with Crippen molar-refractivity contribution >= 4 is 10.4 Å². The molecule has 0 radical (unpaired) electrons. The summed E-state index contributed by atoms with van der Waals surface area (Å²) in [5, 5.41) is 0. The van der Waals surface area contributed by atoms with Crippen LogP contribution in [0.1, 0.15) is 69.4 Å². The minimum Gasteiger partial charge on any atom is -0.379 e. The fourth-order valence-corrected chi connectivity index (χ4v) is 4.29. The molecule has 0 fully saturated rings. The molecule has 1 unspecified atom stereocenters. The molecule has 1 heterocycles. The van der Waals surface area contributed by atoms with Crippen molar-refractivity contribution in [2.45, 2.75) is 77.4 Å². The number of nitrogens with zero attached hydrogens (tertiary/aromatic N) is 1. The zero-order valence-electron chi connectivity index (χ0n) is 17.7. The minimum atomic E-state index is -4.50. The van der Waals surface area contributed by atoms with Crippen molar-refractivity contribution in [1.82, 2.24) is 4.90 Å². The van der Waals surface area contributed by atoms with Crippen molar-refractivity contribution in [3.05, 3.63) is 35.4 Å². The van der Waals surface area contributed by atoms with Crippen molar-refractivity contribution in [1.29, 1.82) is 0 Å². The van der Waals surface area contributed by atoms with Gasteiger partial charge in [0.05, 0.1) is 6.61 Å². The van der Waals surface area contributed by atoms with Crippen molar-refractivity contribution in [2.24, 2.45) is 0 Å². The van der Waals surface area contributed by atoms with Crippen molar-refractivity contribution < 1.29 is 21.9 Å². The highest BCUT2D eigenvalue weighted by Gasteiger charge is 2.23. The van der Waals surface area contributed by atoms with Gasteiger partial charge in [-0.05, 0) is 24.0 Å². The molecular weight excluding hydrogens is 390 g/mol. The molecular formula is C22H37NO5S. The van der Waals surface area contributed by atoms with Gasteiger partial charge in [0, 0.05) is 26.2 Å². The van der Waals surface area contributed by atoms with Crippen LogP contribution in [0.25, 0.3) is 0 Å². The van der Waals surface area contributed by atoms with Gasteiger partial charge in [-0.15, -0.1) is 0 Å².